The van der Waals surface area contributed by atoms with E-state index in [9.17, 15) is 0 Å². The van der Waals surface area contributed by atoms with Gasteiger partial charge >= 0.3 is 0 Å². The lowest BCUT2D eigenvalue weighted by atomic mass is 9.74. The first-order valence-corrected chi connectivity index (χ1v) is 17.4. The van der Waals surface area contributed by atoms with Gasteiger partial charge in [-0.1, -0.05) is 98.8 Å². The maximum Gasteiger partial charge on any atom is 0.0946 e. The zero-order valence-corrected chi connectivity index (χ0v) is 28.3. The van der Waals surface area contributed by atoms with Crippen LogP contribution in [0.5, 0.6) is 0 Å². The zero-order chi connectivity index (χ0) is 33.7. The third-order valence-electron chi connectivity index (χ3n) is 11.1. The van der Waals surface area contributed by atoms with Crippen molar-refractivity contribution < 1.29 is 0 Å². The molecule has 5 heterocycles. The smallest absolute Gasteiger partial charge is 0.0946 e. The van der Waals surface area contributed by atoms with Gasteiger partial charge in [-0.2, -0.15) is 0 Å². The molecule has 0 fully saturated rings. The number of nitrogens with two attached hydrogens (primary N) is 1. The van der Waals surface area contributed by atoms with Crippen molar-refractivity contribution in [1.29, 1.82) is 0 Å². The fraction of sp³-hybridized carbons (Fsp3) is 0.133. The van der Waals surface area contributed by atoms with Crippen LogP contribution in [0.25, 0.3) is 51.4 Å². The molecule has 0 bridgehead atoms. The van der Waals surface area contributed by atoms with Gasteiger partial charge in [-0.25, -0.2) is 0 Å². The fourth-order valence-corrected chi connectivity index (χ4v) is 8.58. The van der Waals surface area contributed by atoms with Crippen molar-refractivity contribution in [3.63, 3.8) is 0 Å². The summed E-state index contributed by atoms with van der Waals surface area (Å²) in [5.74, 6) is 0. The van der Waals surface area contributed by atoms with Crippen LogP contribution in [0.3, 0.4) is 0 Å². The van der Waals surface area contributed by atoms with Gasteiger partial charge in [0, 0.05) is 28.1 Å². The second-order valence-corrected chi connectivity index (χ2v) is 14.3. The van der Waals surface area contributed by atoms with Crippen LogP contribution in [0.15, 0.2) is 121 Å². The van der Waals surface area contributed by atoms with Gasteiger partial charge in [-0.15, -0.1) is 0 Å². The van der Waals surface area contributed by atoms with E-state index in [-0.39, 0.29) is 17.5 Å². The van der Waals surface area contributed by atoms with Gasteiger partial charge in [0.25, 0.3) is 0 Å². The van der Waals surface area contributed by atoms with Gasteiger partial charge in [0.05, 0.1) is 45.9 Å². The Morgan fingerprint density at radius 1 is 0.840 bits per heavy atom. The first-order valence-electron chi connectivity index (χ1n) is 17.4. The number of dihydropyridines is 1. The summed E-state index contributed by atoms with van der Waals surface area (Å²) in [5.41, 5.74) is 23.8. The number of rotatable bonds is 3. The molecule has 2 atom stereocenters. The first kappa shape index (κ1) is 28.9. The molecule has 4 aliphatic rings. The van der Waals surface area contributed by atoms with Crippen LogP contribution in [0, 0.1) is 0 Å². The molecular weight excluding hydrogens is 611 g/mol. The minimum Gasteiger partial charge on any atom is -0.397 e. The molecule has 0 radical (unpaired) electrons. The number of fused-ring (bicyclic) bond motifs is 9. The van der Waals surface area contributed by atoms with E-state index in [0.717, 1.165) is 39.5 Å². The van der Waals surface area contributed by atoms with Crippen molar-refractivity contribution in [2.75, 3.05) is 11.1 Å². The number of nitrogen functional groups attached to an aromatic ring is 1. The Bertz CT molecular complexity index is 2610. The number of aromatic nitrogens is 2. The Morgan fingerprint density at radius 3 is 2.64 bits per heavy atom. The summed E-state index contributed by atoms with van der Waals surface area (Å²) in [6, 6.07) is 29.0. The first-order chi connectivity index (χ1) is 24.4. The molecule has 10 rings (SSSR count). The maximum atomic E-state index is 6.69. The molecule has 0 amide bonds. The molecule has 1 aliphatic carbocycles. The van der Waals surface area contributed by atoms with Gasteiger partial charge in [0.1, 0.15) is 0 Å². The van der Waals surface area contributed by atoms with Gasteiger partial charge < -0.3 is 20.9 Å². The van der Waals surface area contributed by atoms with E-state index in [0.29, 0.717) is 0 Å². The number of pyridine rings is 1. The third kappa shape index (κ3) is 4.04. The van der Waals surface area contributed by atoms with E-state index in [1.807, 2.05) is 25.3 Å². The molecule has 4 N–H and O–H groups in total. The van der Waals surface area contributed by atoms with Crippen molar-refractivity contribution in [3.8, 4) is 5.69 Å². The molecule has 2 aromatic heterocycles. The number of nitrogens with zero attached hydrogens (tertiary/aromatic N) is 2. The Labute approximate surface area is 291 Å². The predicted molar refractivity (Wildman–Crippen MR) is 209 cm³/mol. The number of para-hydroxylation sites is 1. The molecule has 242 valence electrons. The minimum absolute atomic E-state index is 0.0110. The number of nitrogens with one attached hydrogen (secondary N) is 2. The van der Waals surface area contributed by atoms with E-state index in [1.54, 1.807) is 0 Å². The molecule has 5 heteroatoms. The lowest BCUT2D eigenvalue weighted by Gasteiger charge is -2.35. The lowest BCUT2D eigenvalue weighted by molar-refractivity contribution is 0.629. The molecule has 4 aromatic carbocycles. The van der Waals surface area contributed by atoms with Gasteiger partial charge in [-0.05, 0) is 93.9 Å². The Balaban J connectivity index is 1.16. The van der Waals surface area contributed by atoms with Crippen LogP contribution in [-0.2, 0) is 5.41 Å². The summed E-state index contributed by atoms with van der Waals surface area (Å²) in [6.45, 7) is 6.75. The molecule has 0 spiro atoms. The van der Waals surface area contributed by atoms with Crippen molar-refractivity contribution in [1.82, 2.24) is 14.9 Å². The number of hydrogen-bond acceptors (Lipinski definition) is 4. The summed E-state index contributed by atoms with van der Waals surface area (Å²) >= 11 is 0. The monoisotopic (exact) mass is 647 g/mol. The second kappa shape index (κ2) is 10.5. The van der Waals surface area contributed by atoms with E-state index in [2.05, 4.69) is 144 Å². The normalized spacial score (nSPS) is 19.3. The largest absolute Gasteiger partial charge is 0.397 e. The average molecular weight is 648 g/mol. The Kier molecular flexibility index (Phi) is 6.05. The second-order valence-electron chi connectivity index (χ2n) is 14.3. The highest BCUT2D eigenvalue weighted by Crippen LogP contribution is 2.49. The highest BCUT2D eigenvalue weighted by Gasteiger charge is 2.36. The molecule has 0 saturated heterocycles. The number of benzene rings is 4. The van der Waals surface area contributed by atoms with Gasteiger partial charge in [0.2, 0.25) is 0 Å². The molecule has 0 saturated carbocycles. The van der Waals surface area contributed by atoms with Crippen LogP contribution in [0.1, 0.15) is 77.5 Å². The van der Waals surface area contributed by atoms with Crippen LogP contribution < -0.4 is 16.4 Å². The fourth-order valence-electron chi connectivity index (χ4n) is 8.58. The van der Waals surface area contributed by atoms with Gasteiger partial charge in [0.15, 0.2) is 0 Å². The molecule has 5 nitrogen and oxygen atoms in total. The molecule has 6 aromatic rings. The summed E-state index contributed by atoms with van der Waals surface area (Å²) < 4.78 is 2.49. The van der Waals surface area contributed by atoms with E-state index in [1.165, 1.54) is 55.3 Å². The maximum absolute atomic E-state index is 6.69. The van der Waals surface area contributed by atoms with Crippen LogP contribution >= 0.6 is 0 Å². The molecule has 50 heavy (non-hydrogen) atoms. The van der Waals surface area contributed by atoms with Crippen molar-refractivity contribution in [2.45, 2.75) is 38.3 Å². The van der Waals surface area contributed by atoms with Crippen molar-refractivity contribution in [2.24, 2.45) is 0 Å². The standard InChI is InChI=1S/C45H37N5/c1-4-8-26-12-13-28-16-19-36(48-41(28)40(26)46)30-18-21-38-32(23-30)33-24-31(25-35-44(33)50(38)39-11-6-5-10-34(39)45(35,2)3)37-20-17-29-15-14-27-9-7-22-47-42(27)43(29)49-37/h4-25,36,43,48-49H,46H2,1-3H3/b8-4-. The predicted octanol–water partition coefficient (Wildman–Crippen LogP) is 10.3. The summed E-state index contributed by atoms with van der Waals surface area (Å²) in [7, 11) is 0. The summed E-state index contributed by atoms with van der Waals surface area (Å²) in [5, 5.41) is 10.2. The van der Waals surface area contributed by atoms with Crippen LogP contribution in [0.2, 0.25) is 0 Å². The number of anilines is 2. The lowest BCUT2D eigenvalue weighted by Crippen LogP contribution is -2.28. The average Bonchev–Trinajstić information content (AvgIpc) is 3.48. The summed E-state index contributed by atoms with van der Waals surface area (Å²) in [6.07, 6.45) is 19.3. The molecule has 2 unspecified atom stereocenters. The quantitative estimate of drug-likeness (QED) is 0.167. The molecule has 3 aliphatic heterocycles. The number of allylic oxidation sites excluding steroid dienone is 3. The summed E-state index contributed by atoms with van der Waals surface area (Å²) in [4.78, 5) is 4.80. The van der Waals surface area contributed by atoms with E-state index >= 15 is 0 Å². The van der Waals surface area contributed by atoms with Gasteiger partial charge in [-0.3, -0.25) is 4.98 Å². The van der Waals surface area contributed by atoms with E-state index in [4.69, 9.17) is 10.7 Å². The van der Waals surface area contributed by atoms with Crippen molar-refractivity contribution in [3.05, 3.63) is 166 Å². The van der Waals surface area contributed by atoms with Crippen molar-refractivity contribution >= 4 is 57.1 Å². The van der Waals surface area contributed by atoms with Crippen LogP contribution in [-0.4, -0.2) is 9.55 Å². The SMILES string of the molecule is C/C=C\c1ccc2c(c1N)NC(c1ccc3c(c1)c1cc(C4=CC=C5C=Cc6cccnc6C5N4)cc4c1n3-c1ccccc1C4(C)C)C=C2. The highest BCUT2D eigenvalue weighted by atomic mass is 15.0. The number of hydrogen-bond donors (Lipinski definition) is 3. The molecular formula is C45H37N5. The Morgan fingerprint density at radius 2 is 1.74 bits per heavy atom. The van der Waals surface area contributed by atoms with E-state index < -0.39 is 0 Å². The highest BCUT2D eigenvalue weighted by molar-refractivity contribution is 6.13. The van der Waals surface area contributed by atoms with Crippen LogP contribution in [0.4, 0.5) is 11.4 Å². The zero-order valence-electron chi connectivity index (χ0n) is 28.3. The Hall–Kier alpha value is -6.07. The third-order valence-corrected chi connectivity index (χ3v) is 11.1. The topological polar surface area (TPSA) is 67.9 Å². The minimum atomic E-state index is -0.199.